The van der Waals surface area contributed by atoms with Crippen LogP contribution in [0.15, 0.2) is 0 Å². The van der Waals surface area contributed by atoms with Gasteiger partial charge in [0.25, 0.3) is 0 Å². The highest BCUT2D eigenvalue weighted by molar-refractivity contribution is 6.13. The van der Waals surface area contributed by atoms with Crippen molar-refractivity contribution in [2.45, 2.75) is 65.3 Å². The molecule has 3 nitrogen and oxygen atoms in total. The Morgan fingerprint density at radius 1 is 1.00 bits per heavy atom. The van der Waals surface area contributed by atoms with Crippen molar-refractivity contribution >= 4 is 10.2 Å². The van der Waals surface area contributed by atoms with Crippen LogP contribution in [0.3, 0.4) is 0 Å². The van der Waals surface area contributed by atoms with Crippen molar-refractivity contribution in [1.29, 1.82) is 0 Å². The van der Waals surface area contributed by atoms with E-state index in [1.807, 2.05) is 41.5 Å². The fourth-order valence-corrected chi connectivity index (χ4v) is 2.67. The molecular formula is C11H26O3Si. The molecule has 0 N–H and O–H groups in total. The average molecular weight is 234 g/mol. The van der Waals surface area contributed by atoms with Gasteiger partial charge >= 0.3 is 0 Å². The minimum atomic E-state index is -0.529. The molecule has 0 rings (SSSR count). The lowest BCUT2D eigenvalue weighted by Crippen LogP contribution is -2.50. The number of hydrogen-bond donors (Lipinski definition) is 0. The van der Waals surface area contributed by atoms with E-state index in [2.05, 4.69) is 0 Å². The summed E-state index contributed by atoms with van der Waals surface area (Å²) in [6.07, 6.45) is 0.298. The molecule has 0 heterocycles. The number of rotatable bonds is 7. The van der Waals surface area contributed by atoms with Crippen LogP contribution in [0.2, 0.25) is 0 Å². The van der Waals surface area contributed by atoms with E-state index >= 15 is 0 Å². The van der Waals surface area contributed by atoms with E-state index in [0.717, 1.165) is 10.2 Å². The summed E-state index contributed by atoms with van der Waals surface area (Å²) in [4.78, 5) is 0. The van der Waals surface area contributed by atoms with Gasteiger partial charge in [0.2, 0.25) is 0 Å². The Bertz CT molecular complexity index is 161. The van der Waals surface area contributed by atoms with Crippen LogP contribution in [-0.2, 0) is 14.2 Å². The summed E-state index contributed by atoms with van der Waals surface area (Å²) in [6.45, 7) is 12.8. The Morgan fingerprint density at radius 2 is 1.40 bits per heavy atom. The lowest BCUT2D eigenvalue weighted by molar-refractivity contribution is -0.262. The van der Waals surface area contributed by atoms with Gasteiger partial charge in [-0.3, -0.25) is 0 Å². The summed E-state index contributed by atoms with van der Waals surface area (Å²) >= 11 is 0. The molecule has 0 aromatic carbocycles. The summed E-state index contributed by atoms with van der Waals surface area (Å²) in [5, 5.41) is 0. The van der Waals surface area contributed by atoms with Crippen LogP contribution in [-0.4, -0.2) is 40.6 Å². The maximum absolute atomic E-state index is 5.88. The van der Waals surface area contributed by atoms with Gasteiger partial charge in [-0.2, -0.15) is 0 Å². The van der Waals surface area contributed by atoms with Crippen molar-refractivity contribution in [3.63, 3.8) is 0 Å². The third-order valence-corrected chi connectivity index (χ3v) is 3.38. The highest BCUT2D eigenvalue weighted by Gasteiger charge is 2.35. The first-order valence-electron chi connectivity index (χ1n) is 5.79. The summed E-state index contributed by atoms with van der Waals surface area (Å²) < 4.78 is 17.3. The molecule has 0 saturated carbocycles. The predicted octanol–water partition coefficient (Wildman–Crippen LogP) is 1.28. The molecule has 0 aliphatic carbocycles. The average Bonchev–Trinajstić information content (AvgIpc) is 2.01. The zero-order chi connectivity index (χ0) is 12.1. The van der Waals surface area contributed by atoms with E-state index < -0.39 is 5.41 Å². The molecule has 0 spiro atoms. The zero-order valence-electron chi connectivity index (χ0n) is 11.2. The molecule has 0 aliphatic heterocycles. The second kappa shape index (κ2) is 6.63. The molecule has 0 saturated heterocycles. The minimum Gasteiger partial charge on any atom is -0.374 e. The predicted molar refractivity (Wildman–Crippen MR) is 66.2 cm³/mol. The zero-order valence-corrected chi connectivity index (χ0v) is 13.2. The molecular weight excluding hydrogens is 208 g/mol. The summed E-state index contributed by atoms with van der Waals surface area (Å²) in [5.74, 6) is 0. The maximum Gasteiger partial charge on any atom is 0.167 e. The minimum absolute atomic E-state index is 0.0148. The summed E-state index contributed by atoms with van der Waals surface area (Å²) in [5.41, 5.74) is -0.529. The van der Waals surface area contributed by atoms with Gasteiger partial charge in [-0.05, 0) is 41.5 Å². The van der Waals surface area contributed by atoms with E-state index in [-0.39, 0.29) is 18.3 Å². The molecule has 0 aromatic heterocycles. The maximum atomic E-state index is 5.88. The quantitative estimate of drug-likeness (QED) is 0.491. The van der Waals surface area contributed by atoms with Crippen LogP contribution >= 0.6 is 0 Å². The SMILES string of the molecule is CCOC(C)C([SiH3])(OC(C)C)OC(C)C. The van der Waals surface area contributed by atoms with Crippen molar-refractivity contribution in [2.75, 3.05) is 6.61 Å². The standard InChI is InChI=1S/C11H26O3Si/c1-7-12-10(6)11(15,13-8(2)3)14-9(4)5/h8-10H,7H2,1-6,15H3. The van der Waals surface area contributed by atoms with Crippen molar-refractivity contribution in [3.8, 4) is 0 Å². The van der Waals surface area contributed by atoms with Gasteiger partial charge in [0, 0.05) is 6.61 Å². The monoisotopic (exact) mass is 234 g/mol. The van der Waals surface area contributed by atoms with Gasteiger partial charge in [0.15, 0.2) is 5.41 Å². The third-order valence-electron chi connectivity index (χ3n) is 2.09. The fraction of sp³-hybridized carbons (Fsp3) is 1.00. The molecule has 0 aromatic rings. The van der Waals surface area contributed by atoms with E-state index in [1.165, 1.54) is 0 Å². The Labute approximate surface area is 96.9 Å². The molecule has 15 heavy (non-hydrogen) atoms. The first-order chi connectivity index (χ1) is 6.81. The van der Waals surface area contributed by atoms with Crippen molar-refractivity contribution in [3.05, 3.63) is 0 Å². The van der Waals surface area contributed by atoms with Crippen LogP contribution < -0.4 is 0 Å². The van der Waals surface area contributed by atoms with E-state index in [4.69, 9.17) is 14.2 Å². The largest absolute Gasteiger partial charge is 0.374 e. The third kappa shape index (κ3) is 5.66. The Balaban J connectivity index is 4.52. The molecule has 92 valence electrons. The lowest BCUT2D eigenvalue weighted by Gasteiger charge is -2.38. The molecule has 0 amide bonds. The summed E-state index contributed by atoms with van der Waals surface area (Å²) in [7, 11) is 0.793. The molecule has 1 atom stereocenters. The Kier molecular flexibility index (Phi) is 6.67. The molecule has 4 heteroatoms. The molecule has 0 aliphatic rings. The number of hydrogen-bond acceptors (Lipinski definition) is 3. The molecule has 1 unspecified atom stereocenters. The highest BCUT2D eigenvalue weighted by Crippen LogP contribution is 2.21. The molecule has 0 bridgehead atoms. The second-order valence-electron chi connectivity index (χ2n) is 4.45. The van der Waals surface area contributed by atoms with Gasteiger partial charge in [0.1, 0.15) is 6.10 Å². The van der Waals surface area contributed by atoms with Crippen LogP contribution in [0, 0.1) is 0 Å². The normalized spacial score (nSPS) is 15.2. The smallest absolute Gasteiger partial charge is 0.167 e. The first kappa shape index (κ1) is 15.1. The van der Waals surface area contributed by atoms with Crippen LogP contribution in [0.25, 0.3) is 0 Å². The Morgan fingerprint density at radius 3 is 1.67 bits per heavy atom. The highest BCUT2D eigenvalue weighted by atomic mass is 28.1. The van der Waals surface area contributed by atoms with Gasteiger partial charge in [0.05, 0.1) is 22.5 Å². The Hall–Kier alpha value is 0.0969. The van der Waals surface area contributed by atoms with Crippen LogP contribution in [0.1, 0.15) is 41.5 Å². The molecule has 0 radical (unpaired) electrons. The van der Waals surface area contributed by atoms with Gasteiger partial charge in [-0.15, -0.1) is 0 Å². The van der Waals surface area contributed by atoms with E-state index in [9.17, 15) is 0 Å². The topological polar surface area (TPSA) is 27.7 Å². The molecule has 0 fully saturated rings. The fourth-order valence-electron chi connectivity index (χ4n) is 1.56. The van der Waals surface area contributed by atoms with Crippen LogP contribution in [0.5, 0.6) is 0 Å². The second-order valence-corrected chi connectivity index (χ2v) is 5.84. The van der Waals surface area contributed by atoms with E-state index in [1.54, 1.807) is 0 Å². The lowest BCUT2D eigenvalue weighted by atomic mass is 10.3. The summed E-state index contributed by atoms with van der Waals surface area (Å²) in [6, 6.07) is 0. The van der Waals surface area contributed by atoms with Crippen molar-refractivity contribution < 1.29 is 14.2 Å². The van der Waals surface area contributed by atoms with Gasteiger partial charge < -0.3 is 14.2 Å². The van der Waals surface area contributed by atoms with Gasteiger partial charge in [-0.25, -0.2) is 0 Å². The van der Waals surface area contributed by atoms with E-state index in [0.29, 0.717) is 6.61 Å². The van der Waals surface area contributed by atoms with Crippen LogP contribution in [0.4, 0.5) is 0 Å². The van der Waals surface area contributed by atoms with Crippen molar-refractivity contribution in [2.24, 2.45) is 0 Å². The van der Waals surface area contributed by atoms with Gasteiger partial charge in [-0.1, -0.05) is 0 Å². The number of ether oxygens (including phenoxy) is 3. The first-order valence-corrected chi connectivity index (χ1v) is 6.79. The van der Waals surface area contributed by atoms with Crippen molar-refractivity contribution in [1.82, 2.24) is 0 Å².